The first-order valence-corrected chi connectivity index (χ1v) is 11.9. The summed E-state index contributed by atoms with van der Waals surface area (Å²) in [5.74, 6) is 0.599. The van der Waals surface area contributed by atoms with E-state index < -0.39 is 0 Å². The van der Waals surface area contributed by atoms with Gasteiger partial charge in [-0.1, -0.05) is 67.1 Å². The Kier molecular flexibility index (Phi) is 7.41. The highest BCUT2D eigenvalue weighted by Crippen LogP contribution is 2.41. The molecule has 33 heavy (non-hydrogen) atoms. The van der Waals surface area contributed by atoms with Crippen LogP contribution in [0.4, 0.5) is 0 Å². The van der Waals surface area contributed by atoms with Gasteiger partial charge in [0.15, 0.2) is 0 Å². The first-order valence-electron chi connectivity index (χ1n) is 11.9. The third-order valence-corrected chi connectivity index (χ3v) is 6.65. The summed E-state index contributed by atoms with van der Waals surface area (Å²) in [6, 6.07) is 21.2. The summed E-state index contributed by atoms with van der Waals surface area (Å²) in [5.41, 5.74) is 9.09. The lowest BCUT2D eigenvalue weighted by molar-refractivity contribution is -0.120. The van der Waals surface area contributed by atoms with Gasteiger partial charge in [0.05, 0.1) is 0 Å². The summed E-state index contributed by atoms with van der Waals surface area (Å²) < 4.78 is 5.47. The van der Waals surface area contributed by atoms with Crippen molar-refractivity contribution in [2.24, 2.45) is 0 Å². The second-order valence-corrected chi connectivity index (χ2v) is 8.88. The van der Waals surface area contributed by atoms with Gasteiger partial charge < -0.3 is 4.74 Å². The lowest BCUT2D eigenvalue weighted by atomic mass is 9.86. The van der Waals surface area contributed by atoms with Gasteiger partial charge >= 0.3 is 0 Å². The molecule has 1 heterocycles. The van der Waals surface area contributed by atoms with Crippen LogP contribution in [0.2, 0.25) is 0 Å². The zero-order valence-electron chi connectivity index (χ0n) is 19.9. The van der Waals surface area contributed by atoms with E-state index in [1.165, 1.54) is 49.0 Å². The Labute approximate surface area is 197 Å². The predicted octanol–water partition coefficient (Wildman–Crippen LogP) is 6.94. The molecule has 170 valence electrons. The average molecular weight is 440 g/mol. The van der Waals surface area contributed by atoms with E-state index in [9.17, 15) is 4.79 Å². The molecule has 0 N–H and O–H groups in total. The third kappa shape index (κ3) is 5.09. The van der Waals surface area contributed by atoms with E-state index in [1.54, 1.807) is 0 Å². The zero-order valence-corrected chi connectivity index (χ0v) is 19.9. The van der Waals surface area contributed by atoms with Crippen molar-refractivity contribution in [3.8, 4) is 16.9 Å². The monoisotopic (exact) mass is 439 g/mol. The summed E-state index contributed by atoms with van der Waals surface area (Å²) in [5, 5.41) is 0. The van der Waals surface area contributed by atoms with Crippen molar-refractivity contribution in [3.63, 3.8) is 0 Å². The van der Waals surface area contributed by atoms with Crippen LogP contribution >= 0.6 is 0 Å². The van der Waals surface area contributed by atoms with Gasteiger partial charge in [0.1, 0.15) is 5.75 Å². The number of benzene rings is 3. The maximum absolute atomic E-state index is 11.3. The fraction of sp³-hybridized carbons (Fsp3) is 0.300. The molecule has 0 amide bonds. The number of carbonyl (C=O) groups is 1. The fourth-order valence-corrected chi connectivity index (χ4v) is 5.10. The van der Waals surface area contributed by atoms with Gasteiger partial charge in [0.2, 0.25) is 0 Å². The summed E-state index contributed by atoms with van der Waals surface area (Å²) in [4.78, 5) is 13.9. The molecule has 3 aromatic rings. The molecule has 0 saturated carbocycles. The van der Waals surface area contributed by atoms with Gasteiger partial charge in [-0.05, 0) is 91.7 Å². The standard InChI is InChI=1S/C30H33NO2/c1-4-27(25-11-7-5-8-12-25)30-23(3)29(22(2)19-28(30)33-21-32)26-15-13-24(14-16-26)20-31-17-9-6-10-18-31/h4-5,7-8,11-16,19,21H,6,9-10,17-18,20H2,1-3H3/b27-4-. The summed E-state index contributed by atoms with van der Waals surface area (Å²) >= 11 is 0. The first-order chi connectivity index (χ1) is 16.1. The molecular formula is C30H33NO2. The van der Waals surface area contributed by atoms with Crippen LogP contribution in [0.15, 0.2) is 66.7 Å². The molecular weight excluding hydrogens is 406 g/mol. The molecule has 0 unspecified atom stereocenters. The molecule has 0 aromatic heterocycles. The van der Waals surface area contributed by atoms with E-state index in [1.807, 2.05) is 31.2 Å². The topological polar surface area (TPSA) is 29.5 Å². The summed E-state index contributed by atoms with van der Waals surface area (Å²) in [7, 11) is 0. The molecule has 3 nitrogen and oxygen atoms in total. The second kappa shape index (κ2) is 10.6. The molecule has 0 spiro atoms. The van der Waals surface area contributed by atoms with Gasteiger partial charge in [-0.25, -0.2) is 0 Å². The SMILES string of the molecule is C/C=C(/c1ccccc1)c1c(OC=O)cc(C)c(-c2ccc(CN3CCCCC3)cc2)c1C. The Balaban J connectivity index is 1.74. The van der Waals surface area contributed by atoms with Crippen LogP contribution in [-0.2, 0) is 11.3 Å². The lowest BCUT2D eigenvalue weighted by Crippen LogP contribution is -2.29. The maximum atomic E-state index is 11.3. The van der Waals surface area contributed by atoms with Crippen molar-refractivity contribution in [3.05, 3.63) is 94.6 Å². The van der Waals surface area contributed by atoms with Crippen LogP contribution in [-0.4, -0.2) is 24.5 Å². The van der Waals surface area contributed by atoms with Crippen LogP contribution in [0, 0.1) is 13.8 Å². The number of carbonyl (C=O) groups excluding carboxylic acids is 1. The molecule has 1 aliphatic heterocycles. The van der Waals surface area contributed by atoms with Crippen LogP contribution in [0.25, 0.3) is 16.7 Å². The van der Waals surface area contributed by atoms with Crippen molar-refractivity contribution in [2.45, 2.75) is 46.6 Å². The minimum Gasteiger partial charge on any atom is -0.428 e. The van der Waals surface area contributed by atoms with Gasteiger partial charge in [0, 0.05) is 12.1 Å². The van der Waals surface area contributed by atoms with E-state index in [4.69, 9.17) is 4.74 Å². The normalized spacial score (nSPS) is 14.8. The van der Waals surface area contributed by atoms with E-state index in [-0.39, 0.29) is 0 Å². The zero-order chi connectivity index (χ0) is 23.2. The van der Waals surface area contributed by atoms with E-state index >= 15 is 0 Å². The first kappa shape index (κ1) is 23.0. The van der Waals surface area contributed by atoms with Crippen molar-refractivity contribution in [1.29, 1.82) is 0 Å². The number of piperidine rings is 1. The number of nitrogens with zero attached hydrogens (tertiary/aromatic N) is 1. The van der Waals surface area contributed by atoms with Gasteiger partial charge in [-0.2, -0.15) is 0 Å². The lowest BCUT2D eigenvalue weighted by Gasteiger charge is -2.26. The molecule has 3 aromatic carbocycles. The molecule has 1 saturated heterocycles. The van der Waals surface area contributed by atoms with E-state index in [2.05, 4.69) is 61.2 Å². The Hall–Kier alpha value is -3.17. The Morgan fingerprint density at radius 2 is 1.67 bits per heavy atom. The minimum atomic E-state index is 0.519. The van der Waals surface area contributed by atoms with E-state index in [0.717, 1.165) is 34.4 Å². The molecule has 0 bridgehead atoms. The Bertz CT molecular complexity index is 1120. The number of rotatable bonds is 7. The molecule has 0 atom stereocenters. The van der Waals surface area contributed by atoms with Crippen molar-refractivity contribution < 1.29 is 9.53 Å². The third-order valence-electron chi connectivity index (χ3n) is 6.65. The van der Waals surface area contributed by atoms with Crippen LogP contribution < -0.4 is 4.74 Å². The Morgan fingerprint density at radius 1 is 0.970 bits per heavy atom. The van der Waals surface area contributed by atoms with Crippen molar-refractivity contribution in [2.75, 3.05) is 13.1 Å². The van der Waals surface area contributed by atoms with Crippen LogP contribution in [0.3, 0.4) is 0 Å². The minimum absolute atomic E-state index is 0.519. The molecule has 0 aliphatic carbocycles. The number of ether oxygens (including phenoxy) is 1. The largest absolute Gasteiger partial charge is 0.428 e. The number of hydrogen-bond acceptors (Lipinski definition) is 3. The second-order valence-electron chi connectivity index (χ2n) is 8.88. The number of allylic oxidation sites excluding steroid dienone is 1. The number of aryl methyl sites for hydroxylation is 1. The molecule has 0 radical (unpaired) electrons. The van der Waals surface area contributed by atoms with Crippen LogP contribution in [0.5, 0.6) is 5.75 Å². The average Bonchev–Trinajstić information content (AvgIpc) is 2.84. The summed E-state index contributed by atoms with van der Waals surface area (Å²) in [6.45, 7) is 10.2. The van der Waals surface area contributed by atoms with Crippen LogP contribution in [0.1, 0.15) is 54.0 Å². The molecule has 1 aliphatic rings. The molecule has 4 rings (SSSR count). The highest BCUT2D eigenvalue weighted by molar-refractivity contribution is 5.89. The van der Waals surface area contributed by atoms with E-state index in [0.29, 0.717) is 12.2 Å². The van der Waals surface area contributed by atoms with Gasteiger partial charge in [-0.3, -0.25) is 9.69 Å². The van der Waals surface area contributed by atoms with Crippen molar-refractivity contribution >= 4 is 12.0 Å². The van der Waals surface area contributed by atoms with Crippen molar-refractivity contribution in [1.82, 2.24) is 4.90 Å². The maximum Gasteiger partial charge on any atom is 0.298 e. The smallest absolute Gasteiger partial charge is 0.298 e. The quantitative estimate of drug-likeness (QED) is 0.373. The van der Waals surface area contributed by atoms with Gasteiger partial charge in [-0.15, -0.1) is 0 Å². The van der Waals surface area contributed by atoms with Gasteiger partial charge in [0.25, 0.3) is 6.47 Å². The highest BCUT2D eigenvalue weighted by atomic mass is 16.5. The highest BCUT2D eigenvalue weighted by Gasteiger charge is 2.20. The molecule has 1 fully saturated rings. The number of hydrogen-bond donors (Lipinski definition) is 0. The number of likely N-dealkylation sites (tertiary alicyclic amines) is 1. The fourth-order valence-electron chi connectivity index (χ4n) is 5.10. The predicted molar refractivity (Wildman–Crippen MR) is 136 cm³/mol. The molecule has 3 heteroatoms. The summed E-state index contributed by atoms with van der Waals surface area (Å²) in [6.07, 6.45) is 6.07. The Morgan fingerprint density at radius 3 is 2.30 bits per heavy atom.